The van der Waals surface area contributed by atoms with Gasteiger partial charge in [-0.15, -0.1) is 0 Å². The van der Waals surface area contributed by atoms with Gasteiger partial charge in [0.05, 0.1) is 0 Å². The normalized spacial score (nSPS) is 26.0. The molecule has 1 saturated heterocycles. The third-order valence-corrected chi connectivity index (χ3v) is 263. The third kappa shape index (κ3) is 2.26. The van der Waals surface area contributed by atoms with Gasteiger partial charge in [-0.3, -0.25) is 0 Å². The van der Waals surface area contributed by atoms with Crippen LogP contribution in [0.2, 0.25) is 105 Å². The summed E-state index contributed by atoms with van der Waals surface area (Å²) in [5, 5.41) is 0. The summed E-state index contributed by atoms with van der Waals surface area (Å²) in [7, 11) is -6.50. The van der Waals surface area contributed by atoms with E-state index in [1.165, 1.54) is 0 Å². The molecule has 24 heavy (non-hydrogen) atoms. The molecule has 1 fully saturated rings. The molecule has 8 heteroatoms. The zero-order valence-electron chi connectivity index (χ0n) is 20.0. The van der Waals surface area contributed by atoms with Crippen molar-refractivity contribution >= 4 is 56.9 Å². The molecular weight excluding hydrogens is 417 g/mol. The molecule has 0 aromatic heterocycles. The van der Waals surface area contributed by atoms with Crippen LogP contribution < -0.4 is 0 Å². The molecule has 0 bridgehead atoms. The van der Waals surface area contributed by atoms with Crippen LogP contribution in [-0.2, 0) is 0 Å². The third-order valence-electron chi connectivity index (χ3n) is 8.25. The Balaban J connectivity index is 4.09. The van der Waals surface area contributed by atoms with Crippen molar-refractivity contribution in [3.8, 4) is 0 Å². The van der Waals surface area contributed by atoms with Gasteiger partial charge in [0.15, 0.2) is 0 Å². The first-order valence-electron chi connectivity index (χ1n) is 10.0. The van der Waals surface area contributed by atoms with Crippen molar-refractivity contribution in [2.24, 2.45) is 0 Å². The van der Waals surface area contributed by atoms with Crippen LogP contribution in [-0.4, -0.2) is 56.9 Å². The highest BCUT2D eigenvalue weighted by Crippen LogP contribution is 2.63. The summed E-state index contributed by atoms with van der Waals surface area (Å²) in [6.07, 6.45) is -2.14. The van der Waals surface area contributed by atoms with E-state index in [1.807, 2.05) is 0 Å². The molecule has 1 aliphatic rings. The standard InChI is InChI=1S/C16H48Si8/c1-17(2,3)23(18(4,5)6)21(13,14)24(19(7,8)9,20(10,11)12)22(23,15)16/h1-16H3. The fourth-order valence-corrected chi connectivity index (χ4v) is 538. The first-order chi connectivity index (χ1) is 10.0. The molecule has 0 aliphatic carbocycles. The molecule has 0 amide bonds. The predicted molar refractivity (Wildman–Crippen MR) is 140 cm³/mol. The smallest absolute Gasteiger partial charge is 0.0308 e. The highest BCUT2D eigenvalue weighted by atomic mass is 30.6. The summed E-state index contributed by atoms with van der Waals surface area (Å²) in [6.45, 7) is 46.2. The second-order valence-corrected chi connectivity index (χ2v) is 113. The maximum atomic E-state index is 3.02. The molecule has 1 heterocycles. The van der Waals surface area contributed by atoms with Crippen LogP contribution >= 0.6 is 0 Å². The fraction of sp³-hybridized carbons (Fsp3) is 1.00. The minimum absolute atomic E-state index is 1.07. The molecule has 0 atom stereocenters. The van der Waals surface area contributed by atoms with Crippen LogP contribution in [0.3, 0.4) is 0 Å². The minimum Gasteiger partial charge on any atom is -0.0742 e. The molecule has 0 saturated carbocycles. The molecule has 0 N–H and O–H groups in total. The number of hydrogen-bond acceptors (Lipinski definition) is 0. The van der Waals surface area contributed by atoms with Crippen molar-refractivity contribution in [1.29, 1.82) is 0 Å². The zero-order chi connectivity index (χ0) is 20.0. The number of rotatable bonds is 4. The van der Waals surface area contributed by atoms with Crippen molar-refractivity contribution in [1.82, 2.24) is 0 Å². The highest BCUT2D eigenvalue weighted by Gasteiger charge is 2.92. The SMILES string of the molecule is C[Si](C)(C)[Si]1([Si](C)(C)C)[Si](C)(C)[Si]([Si](C)(C)C)([Si](C)(C)C)[Si]1(C)C. The molecule has 0 unspecified atom stereocenters. The average molecular weight is 465 g/mol. The Bertz CT molecular complexity index is 416. The molecule has 0 nitrogen and oxygen atoms in total. The van der Waals surface area contributed by atoms with Gasteiger partial charge in [-0.1, -0.05) is 105 Å². The van der Waals surface area contributed by atoms with Gasteiger partial charge in [-0.05, 0) is 0 Å². The topological polar surface area (TPSA) is 0 Å². The van der Waals surface area contributed by atoms with E-state index in [-0.39, 0.29) is 0 Å². The van der Waals surface area contributed by atoms with Gasteiger partial charge in [-0.2, -0.15) is 0 Å². The molecule has 0 spiro atoms. The van der Waals surface area contributed by atoms with E-state index in [1.54, 1.807) is 0 Å². The first kappa shape index (κ1) is 23.8. The summed E-state index contributed by atoms with van der Waals surface area (Å²) in [5.74, 6) is 0. The van der Waals surface area contributed by atoms with Crippen molar-refractivity contribution < 1.29 is 0 Å². The van der Waals surface area contributed by atoms with E-state index in [2.05, 4.69) is 105 Å². The lowest BCUT2D eigenvalue weighted by atomic mass is 11.8. The van der Waals surface area contributed by atoms with Crippen molar-refractivity contribution in [3.63, 3.8) is 0 Å². The second-order valence-electron chi connectivity index (χ2n) is 13.8. The van der Waals surface area contributed by atoms with E-state index < -0.39 is 56.9 Å². The molecule has 0 aromatic rings. The summed E-state index contributed by atoms with van der Waals surface area (Å²) in [6, 6.07) is 0. The van der Waals surface area contributed by atoms with Crippen LogP contribution in [0.5, 0.6) is 0 Å². The molecular formula is C16H48Si8. The Hall–Kier alpha value is 1.74. The van der Waals surface area contributed by atoms with Gasteiger partial charge in [-0.25, -0.2) is 0 Å². The first-order valence-corrected chi connectivity index (χ1v) is 42.0. The Morgan fingerprint density at radius 1 is 0.333 bits per heavy atom. The van der Waals surface area contributed by atoms with Crippen LogP contribution in [0, 0.1) is 0 Å². The summed E-state index contributed by atoms with van der Waals surface area (Å²) >= 11 is 0. The van der Waals surface area contributed by atoms with Gasteiger partial charge in [0, 0.05) is 56.9 Å². The fourth-order valence-electron chi connectivity index (χ4n) is 11.8. The van der Waals surface area contributed by atoms with Gasteiger partial charge < -0.3 is 0 Å². The van der Waals surface area contributed by atoms with Crippen LogP contribution in [0.4, 0.5) is 0 Å². The van der Waals surface area contributed by atoms with Crippen molar-refractivity contribution in [2.75, 3.05) is 0 Å². The van der Waals surface area contributed by atoms with E-state index in [0.717, 1.165) is 0 Å². The molecule has 0 radical (unpaired) electrons. The largest absolute Gasteiger partial charge is 0.0742 e. The highest BCUT2D eigenvalue weighted by molar-refractivity contribution is 8.43. The van der Waals surface area contributed by atoms with Crippen molar-refractivity contribution in [3.05, 3.63) is 0 Å². The Kier molecular flexibility index (Phi) is 5.58. The van der Waals surface area contributed by atoms with E-state index >= 15 is 0 Å². The van der Waals surface area contributed by atoms with Gasteiger partial charge in [0.1, 0.15) is 0 Å². The van der Waals surface area contributed by atoms with Gasteiger partial charge in [0.25, 0.3) is 0 Å². The Morgan fingerprint density at radius 2 is 0.458 bits per heavy atom. The monoisotopic (exact) mass is 464 g/mol. The minimum atomic E-state index is -1.10. The Labute approximate surface area is 161 Å². The van der Waals surface area contributed by atoms with E-state index in [4.69, 9.17) is 0 Å². The maximum Gasteiger partial charge on any atom is 0.0308 e. The van der Waals surface area contributed by atoms with Gasteiger partial charge in [0.2, 0.25) is 0 Å². The van der Waals surface area contributed by atoms with Crippen LogP contribution in [0.15, 0.2) is 0 Å². The molecule has 1 aliphatic heterocycles. The maximum absolute atomic E-state index is 3.02. The molecule has 0 aromatic carbocycles. The number of hydrogen-bond donors (Lipinski definition) is 0. The predicted octanol–water partition coefficient (Wildman–Crippen LogP) is 6.29. The zero-order valence-corrected chi connectivity index (χ0v) is 28.0. The van der Waals surface area contributed by atoms with Crippen LogP contribution in [0.1, 0.15) is 0 Å². The van der Waals surface area contributed by atoms with Crippen LogP contribution in [0.25, 0.3) is 0 Å². The summed E-state index contributed by atoms with van der Waals surface area (Å²) in [5.41, 5.74) is 0. The van der Waals surface area contributed by atoms with Gasteiger partial charge >= 0.3 is 0 Å². The molecule has 144 valence electrons. The van der Waals surface area contributed by atoms with E-state index in [0.29, 0.717) is 0 Å². The lowest BCUT2D eigenvalue weighted by Crippen LogP contribution is -3.20. The molecule has 1 rings (SSSR count). The van der Waals surface area contributed by atoms with Crippen molar-refractivity contribution in [2.45, 2.75) is 105 Å². The summed E-state index contributed by atoms with van der Waals surface area (Å²) in [4.78, 5) is 0. The second kappa shape index (κ2) is 5.63. The lowest BCUT2D eigenvalue weighted by Gasteiger charge is -2.88. The Morgan fingerprint density at radius 3 is 0.542 bits per heavy atom. The van der Waals surface area contributed by atoms with E-state index in [9.17, 15) is 0 Å². The lowest BCUT2D eigenvalue weighted by molar-refractivity contribution is 1.72. The average Bonchev–Trinajstić information content (AvgIpc) is 2.01. The quantitative estimate of drug-likeness (QED) is 0.428. The summed E-state index contributed by atoms with van der Waals surface area (Å²) < 4.78 is 0.